The Balaban J connectivity index is 1.39. The van der Waals surface area contributed by atoms with E-state index in [1.165, 1.54) is 0 Å². The minimum Gasteiger partial charge on any atom is -0.473 e. The van der Waals surface area contributed by atoms with Gasteiger partial charge in [-0.25, -0.2) is 4.98 Å². The maximum absolute atomic E-state index is 5.86. The molecule has 0 saturated heterocycles. The zero-order chi connectivity index (χ0) is 25.4. The van der Waals surface area contributed by atoms with E-state index >= 15 is 0 Å². The van der Waals surface area contributed by atoms with Crippen LogP contribution in [0.25, 0.3) is 22.5 Å². The highest BCUT2D eigenvalue weighted by Crippen LogP contribution is 2.25. The highest BCUT2D eigenvalue weighted by molar-refractivity contribution is 6.76. The molecule has 0 fully saturated rings. The Morgan fingerprint density at radius 1 is 0.833 bits per heavy atom. The van der Waals surface area contributed by atoms with Gasteiger partial charge in [-0.1, -0.05) is 74.2 Å². The Morgan fingerprint density at radius 3 is 2.22 bits per heavy atom. The number of rotatable bonds is 12. The standard InChI is InChI=1S/C28H34N4O3Si/c1-5-34-28-30-27(31-32(28)21-33-17-18-36(2,3)4)24-13-11-23(12-14-24)25-15-16-26(29-19-25)35-20-22-9-7-6-8-10-22/h6-16,19H,5,17-18,20-21H2,1-4H3. The molecule has 8 heteroatoms. The Hall–Kier alpha value is -3.49. The van der Waals surface area contributed by atoms with Crippen molar-refractivity contribution in [3.05, 3.63) is 78.5 Å². The predicted octanol–water partition coefficient (Wildman–Crippen LogP) is 6.30. The molecule has 4 aromatic rings. The van der Waals surface area contributed by atoms with Crippen LogP contribution in [-0.2, 0) is 18.1 Å². The molecule has 0 bridgehead atoms. The Morgan fingerprint density at radius 2 is 1.56 bits per heavy atom. The van der Waals surface area contributed by atoms with Crippen molar-refractivity contribution in [3.63, 3.8) is 0 Å². The molecular weight excluding hydrogens is 468 g/mol. The molecule has 0 N–H and O–H groups in total. The van der Waals surface area contributed by atoms with Crippen LogP contribution in [0.4, 0.5) is 0 Å². The first-order chi connectivity index (χ1) is 17.4. The van der Waals surface area contributed by atoms with Crippen molar-refractivity contribution in [2.24, 2.45) is 0 Å². The molecule has 0 aliphatic rings. The molecule has 0 amide bonds. The zero-order valence-corrected chi connectivity index (χ0v) is 22.5. The van der Waals surface area contributed by atoms with Crippen molar-refractivity contribution >= 4 is 8.07 Å². The summed E-state index contributed by atoms with van der Waals surface area (Å²) in [5.74, 6) is 1.21. The summed E-state index contributed by atoms with van der Waals surface area (Å²) in [6, 6.07) is 23.7. The third-order valence-electron chi connectivity index (χ3n) is 5.56. The van der Waals surface area contributed by atoms with Gasteiger partial charge in [-0.05, 0) is 30.2 Å². The minimum atomic E-state index is -1.14. The van der Waals surface area contributed by atoms with Gasteiger partial charge in [-0.15, -0.1) is 5.10 Å². The van der Waals surface area contributed by atoms with Crippen LogP contribution in [0.1, 0.15) is 12.5 Å². The molecular formula is C28H34N4O3Si. The minimum absolute atomic E-state index is 0.329. The monoisotopic (exact) mass is 502 g/mol. The van der Waals surface area contributed by atoms with Crippen LogP contribution in [0.15, 0.2) is 72.9 Å². The van der Waals surface area contributed by atoms with Gasteiger partial charge in [-0.2, -0.15) is 9.67 Å². The van der Waals surface area contributed by atoms with Gasteiger partial charge >= 0.3 is 6.01 Å². The molecule has 2 aromatic heterocycles. The summed E-state index contributed by atoms with van der Waals surface area (Å²) in [4.78, 5) is 9.05. The van der Waals surface area contributed by atoms with Crippen LogP contribution in [0.3, 0.4) is 0 Å². The van der Waals surface area contributed by atoms with Crippen LogP contribution in [0.2, 0.25) is 25.7 Å². The molecule has 0 aliphatic carbocycles. The first-order valence-corrected chi connectivity index (χ1v) is 16.0. The van der Waals surface area contributed by atoms with E-state index in [-0.39, 0.29) is 0 Å². The third-order valence-corrected chi connectivity index (χ3v) is 7.27. The van der Waals surface area contributed by atoms with E-state index in [1.54, 1.807) is 4.68 Å². The van der Waals surface area contributed by atoms with Gasteiger partial charge in [-0.3, -0.25) is 0 Å². The van der Waals surface area contributed by atoms with Crippen molar-refractivity contribution in [2.75, 3.05) is 13.2 Å². The molecule has 2 aromatic carbocycles. The normalized spacial score (nSPS) is 11.4. The maximum Gasteiger partial charge on any atom is 0.317 e. The molecule has 0 radical (unpaired) electrons. The molecule has 0 aliphatic heterocycles. The van der Waals surface area contributed by atoms with Crippen LogP contribution in [-0.4, -0.2) is 41.0 Å². The first-order valence-electron chi connectivity index (χ1n) is 12.3. The van der Waals surface area contributed by atoms with E-state index in [9.17, 15) is 0 Å². The Kier molecular flexibility index (Phi) is 8.51. The fourth-order valence-corrected chi connectivity index (χ4v) is 4.24. The summed E-state index contributed by atoms with van der Waals surface area (Å²) in [7, 11) is -1.14. The van der Waals surface area contributed by atoms with E-state index in [1.807, 2.05) is 79.9 Å². The lowest BCUT2D eigenvalue weighted by Crippen LogP contribution is -2.22. The topological polar surface area (TPSA) is 71.3 Å². The van der Waals surface area contributed by atoms with Crippen molar-refractivity contribution in [3.8, 4) is 34.4 Å². The van der Waals surface area contributed by atoms with Crippen molar-refractivity contribution < 1.29 is 14.2 Å². The second-order valence-corrected chi connectivity index (χ2v) is 15.4. The van der Waals surface area contributed by atoms with E-state index in [0.717, 1.165) is 34.9 Å². The lowest BCUT2D eigenvalue weighted by molar-refractivity contribution is 0.0700. The Bertz CT molecular complexity index is 1220. The van der Waals surface area contributed by atoms with Crippen molar-refractivity contribution in [1.82, 2.24) is 19.7 Å². The molecule has 0 saturated carbocycles. The van der Waals surface area contributed by atoms with E-state index in [0.29, 0.717) is 37.7 Å². The molecule has 188 valence electrons. The van der Waals surface area contributed by atoms with Crippen molar-refractivity contribution in [1.29, 1.82) is 0 Å². The quantitative estimate of drug-likeness (QED) is 0.167. The molecule has 36 heavy (non-hydrogen) atoms. The number of ether oxygens (including phenoxy) is 3. The molecule has 0 spiro atoms. The van der Waals surface area contributed by atoms with Gasteiger partial charge in [0.05, 0.1) is 6.61 Å². The lowest BCUT2D eigenvalue weighted by Gasteiger charge is -2.15. The smallest absolute Gasteiger partial charge is 0.317 e. The zero-order valence-electron chi connectivity index (χ0n) is 21.5. The maximum atomic E-state index is 5.86. The van der Waals surface area contributed by atoms with Crippen LogP contribution in [0.5, 0.6) is 11.9 Å². The summed E-state index contributed by atoms with van der Waals surface area (Å²) < 4.78 is 19.0. The van der Waals surface area contributed by atoms with Gasteiger partial charge in [0.1, 0.15) is 13.3 Å². The molecule has 4 rings (SSSR count). The third kappa shape index (κ3) is 7.25. The molecule has 0 unspecified atom stereocenters. The average molecular weight is 503 g/mol. The van der Waals surface area contributed by atoms with Crippen LogP contribution < -0.4 is 9.47 Å². The summed E-state index contributed by atoms with van der Waals surface area (Å²) in [6.07, 6.45) is 1.83. The summed E-state index contributed by atoms with van der Waals surface area (Å²) in [5.41, 5.74) is 4.09. The number of nitrogens with zero attached hydrogens (tertiary/aromatic N) is 4. The Labute approximate surface area is 214 Å². The number of benzene rings is 2. The largest absolute Gasteiger partial charge is 0.473 e. The average Bonchev–Trinajstić information content (AvgIpc) is 3.29. The molecule has 0 atom stereocenters. The van der Waals surface area contributed by atoms with Gasteiger partial charge in [0.15, 0.2) is 5.82 Å². The van der Waals surface area contributed by atoms with Gasteiger partial charge in [0.2, 0.25) is 5.88 Å². The second-order valence-electron chi connectivity index (χ2n) is 9.74. The highest BCUT2D eigenvalue weighted by atomic mass is 28.3. The molecule has 7 nitrogen and oxygen atoms in total. The SMILES string of the molecule is CCOc1nc(-c2ccc(-c3ccc(OCc4ccccc4)nc3)cc2)nn1COCC[Si](C)(C)C. The first kappa shape index (κ1) is 25.6. The molecule has 2 heterocycles. The predicted molar refractivity (Wildman–Crippen MR) is 145 cm³/mol. The number of hydrogen-bond acceptors (Lipinski definition) is 6. The van der Waals surface area contributed by atoms with Crippen LogP contribution >= 0.6 is 0 Å². The summed E-state index contributed by atoms with van der Waals surface area (Å²) in [5, 5.41) is 4.63. The number of pyridine rings is 1. The van der Waals surface area contributed by atoms with Gasteiger partial charge in [0.25, 0.3) is 0 Å². The number of hydrogen-bond donors (Lipinski definition) is 0. The summed E-state index contributed by atoms with van der Waals surface area (Å²) in [6.45, 7) is 11.0. The van der Waals surface area contributed by atoms with Gasteiger partial charge in [0, 0.05) is 38.1 Å². The van der Waals surface area contributed by atoms with Crippen molar-refractivity contribution in [2.45, 2.75) is 45.9 Å². The number of aromatic nitrogens is 4. The second kappa shape index (κ2) is 12.0. The van der Waals surface area contributed by atoms with E-state index < -0.39 is 8.07 Å². The van der Waals surface area contributed by atoms with Gasteiger partial charge < -0.3 is 14.2 Å². The van der Waals surface area contributed by atoms with Crippen LogP contribution in [0, 0.1) is 0 Å². The highest BCUT2D eigenvalue weighted by Gasteiger charge is 2.15. The fraction of sp³-hybridized carbons (Fsp3) is 0.321. The summed E-state index contributed by atoms with van der Waals surface area (Å²) >= 11 is 0. The fourth-order valence-electron chi connectivity index (χ4n) is 3.48. The van der Waals surface area contributed by atoms with E-state index in [4.69, 9.17) is 14.2 Å². The lowest BCUT2D eigenvalue weighted by atomic mass is 10.1. The van der Waals surface area contributed by atoms with E-state index in [2.05, 4.69) is 34.7 Å².